The van der Waals surface area contributed by atoms with E-state index in [-0.39, 0.29) is 18.2 Å². The summed E-state index contributed by atoms with van der Waals surface area (Å²) in [5, 5.41) is 8.73. The maximum atomic E-state index is 12.3. The molecule has 0 radical (unpaired) electrons. The molecule has 0 bridgehead atoms. The second kappa shape index (κ2) is 7.36. The van der Waals surface area contributed by atoms with Crippen molar-refractivity contribution < 1.29 is 19.4 Å². The molecule has 0 unspecified atom stereocenters. The number of aliphatic carboxylic acids is 1. The molecule has 1 saturated heterocycles. The lowest BCUT2D eigenvalue weighted by Gasteiger charge is -2.30. The van der Waals surface area contributed by atoms with Crippen LogP contribution in [0.1, 0.15) is 33.1 Å². The van der Waals surface area contributed by atoms with Gasteiger partial charge in [0.2, 0.25) is 5.91 Å². The van der Waals surface area contributed by atoms with Gasteiger partial charge < -0.3 is 14.7 Å². The van der Waals surface area contributed by atoms with Crippen molar-refractivity contribution in [3.05, 3.63) is 0 Å². The summed E-state index contributed by atoms with van der Waals surface area (Å²) in [6, 6.07) is 0. The summed E-state index contributed by atoms with van der Waals surface area (Å²) in [5.74, 6) is -0.411. The topological polar surface area (TPSA) is 66.8 Å². The van der Waals surface area contributed by atoms with Crippen molar-refractivity contribution in [3.63, 3.8) is 0 Å². The van der Waals surface area contributed by atoms with E-state index >= 15 is 0 Å². The minimum Gasteiger partial charge on any atom is -0.481 e. The van der Waals surface area contributed by atoms with Crippen molar-refractivity contribution >= 4 is 11.9 Å². The van der Waals surface area contributed by atoms with Crippen molar-refractivity contribution in [3.8, 4) is 0 Å². The van der Waals surface area contributed by atoms with Gasteiger partial charge in [-0.05, 0) is 18.8 Å². The predicted molar refractivity (Wildman–Crippen MR) is 67.2 cm³/mol. The molecular weight excluding hydrogens is 234 g/mol. The maximum absolute atomic E-state index is 12.3. The van der Waals surface area contributed by atoms with Crippen molar-refractivity contribution in [1.82, 2.24) is 4.90 Å². The van der Waals surface area contributed by atoms with Gasteiger partial charge in [-0.25, -0.2) is 0 Å². The van der Waals surface area contributed by atoms with Crippen LogP contribution in [-0.2, 0) is 14.3 Å². The molecule has 104 valence electrons. The summed E-state index contributed by atoms with van der Waals surface area (Å²) in [7, 11) is 0. The fourth-order valence-electron chi connectivity index (χ4n) is 2.17. The smallest absolute Gasteiger partial charge is 0.305 e. The van der Waals surface area contributed by atoms with E-state index < -0.39 is 5.97 Å². The first-order valence-electron chi connectivity index (χ1n) is 6.59. The van der Waals surface area contributed by atoms with Gasteiger partial charge in [-0.1, -0.05) is 13.8 Å². The second-order valence-electron chi connectivity index (χ2n) is 5.21. The molecule has 5 nitrogen and oxygen atoms in total. The molecule has 5 heteroatoms. The van der Waals surface area contributed by atoms with Gasteiger partial charge in [0.05, 0.1) is 6.42 Å². The van der Waals surface area contributed by atoms with Gasteiger partial charge >= 0.3 is 5.97 Å². The normalized spacial score (nSPS) is 16.8. The Morgan fingerprint density at radius 2 is 1.94 bits per heavy atom. The highest BCUT2D eigenvalue weighted by atomic mass is 16.5. The molecule has 0 atom stereocenters. The van der Waals surface area contributed by atoms with Crippen molar-refractivity contribution in [2.24, 2.45) is 11.8 Å². The zero-order chi connectivity index (χ0) is 13.5. The molecule has 0 aromatic carbocycles. The molecule has 1 fully saturated rings. The molecule has 18 heavy (non-hydrogen) atoms. The Hall–Kier alpha value is -1.10. The van der Waals surface area contributed by atoms with E-state index in [4.69, 9.17) is 9.84 Å². The molecule has 1 rings (SSSR count). The lowest BCUT2D eigenvalue weighted by molar-refractivity contribution is -0.141. The summed E-state index contributed by atoms with van der Waals surface area (Å²) in [5.41, 5.74) is 0. The van der Waals surface area contributed by atoms with E-state index in [9.17, 15) is 9.59 Å². The molecule has 1 heterocycles. The number of amides is 1. The molecule has 0 aromatic rings. The maximum Gasteiger partial charge on any atom is 0.305 e. The third-order valence-electron chi connectivity index (χ3n) is 3.06. The number of nitrogens with zero attached hydrogens (tertiary/aromatic N) is 1. The van der Waals surface area contributed by atoms with Crippen LogP contribution in [0.2, 0.25) is 0 Å². The van der Waals surface area contributed by atoms with Crippen LogP contribution in [0.15, 0.2) is 0 Å². The van der Waals surface area contributed by atoms with Gasteiger partial charge in [0.1, 0.15) is 0 Å². The Bertz CT molecular complexity index is 285. The minimum absolute atomic E-state index is 0.00583. The summed E-state index contributed by atoms with van der Waals surface area (Å²) in [6.45, 7) is 6.26. The zero-order valence-corrected chi connectivity index (χ0v) is 11.2. The van der Waals surface area contributed by atoms with Crippen LogP contribution < -0.4 is 0 Å². The highest BCUT2D eigenvalue weighted by Gasteiger charge is 2.26. The van der Waals surface area contributed by atoms with Crippen LogP contribution in [0.3, 0.4) is 0 Å². The van der Waals surface area contributed by atoms with Crippen LogP contribution in [0.4, 0.5) is 0 Å². The third-order valence-corrected chi connectivity index (χ3v) is 3.06. The SMILES string of the molecule is CC(C)CN(CCC(=O)O)C(=O)C1CCOCC1. The number of carboxylic acid groups (broad SMARTS) is 1. The zero-order valence-electron chi connectivity index (χ0n) is 11.2. The van der Waals surface area contributed by atoms with Gasteiger partial charge in [0, 0.05) is 32.2 Å². The van der Waals surface area contributed by atoms with E-state index in [1.54, 1.807) is 4.90 Å². The summed E-state index contributed by atoms with van der Waals surface area (Å²) >= 11 is 0. The lowest BCUT2D eigenvalue weighted by atomic mass is 9.98. The van der Waals surface area contributed by atoms with Crippen molar-refractivity contribution in [1.29, 1.82) is 0 Å². The Morgan fingerprint density at radius 1 is 1.33 bits per heavy atom. The average Bonchev–Trinajstić information content (AvgIpc) is 2.34. The van der Waals surface area contributed by atoms with E-state index in [0.717, 1.165) is 12.8 Å². The molecule has 1 amide bonds. The van der Waals surface area contributed by atoms with Crippen LogP contribution in [0.5, 0.6) is 0 Å². The van der Waals surface area contributed by atoms with Crippen molar-refractivity contribution in [2.45, 2.75) is 33.1 Å². The molecule has 0 saturated carbocycles. The van der Waals surface area contributed by atoms with E-state index in [1.165, 1.54) is 0 Å². The van der Waals surface area contributed by atoms with Gasteiger partial charge in [0.15, 0.2) is 0 Å². The Labute approximate surface area is 108 Å². The van der Waals surface area contributed by atoms with Crippen LogP contribution in [0, 0.1) is 11.8 Å². The number of carboxylic acids is 1. The molecule has 0 spiro atoms. The number of carbonyl (C=O) groups excluding carboxylic acids is 1. The first-order chi connectivity index (χ1) is 8.50. The standard InChI is InChI=1S/C13H23NO4/c1-10(2)9-14(6-3-12(15)16)13(17)11-4-7-18-8-5-11/h10-11H,3-9H2,1-2H3,(H,15,16). The lowest BCUT2D eigenvalue weighted by Crippen LogP contribution is -2.41. The fourth-order valence-corrected chi connectivity index (χ4v) is 2.17. The van der Waals surface area contributed by atoms with E-state index in [0.29, 0.717) is 32.2 Å². The largest absolute Gasteiger partial charge is 0.481 e. The number of carbonyl (C=O) groups is 2. The van der Waals surface area contributed by atoms with E-state index in [1.807, 2.05) is 13.8 Å². The van der Waals surface area contributed by atoms with Crippen molar-refractivity contribution in [2.75, 3.05) is 26.3 Å². The Morgan fingerprint density at radius 3 is 2.44 bits per heavy atom. The molecule has 1 aliphatic heterocycles. The summed E-state index contributed by atoms with van der Waals surface area (Å²) in [4.78, 5) is 24.7. The Balaban J connectivity index is 2.55. The van der Waals surface area contributed by atoms with Gasteiger partial charge in [-0.15, -0.1) is 0 Å². The second-order valence-corrected chi connectivity index (χ2v) is 5.21. The third kappa shape index (κ3) is 5.04. The average molecular weight is 257 g/mol. The predicted octanol–water partition coefficient (Wildman–Crippen LogP) is 1.37. The fraction of sp³-hybridized carbons (Fsp3) is 0.846. The molecular formula is C13H23NO4. The highest BCUT2D eigenvalue weighted by Crippen LogP contribution is 2.18. The number of hydrogen-bond donors (Lipinski definition) is 1. The number of ether oxygens (including phenoxy) is 1. The van der Waals surface area contributed by atoms with Crippen LogP contribution in [-0.4, -0.2) is 48.2 Å². The monoisotopic (exact) mass is 257 g/mol. The minimum atomic E-state index is -0.858. The Kier molecular flexibility index (Phi) is 6.12. The van der Waals surface area contributed by atoms with Gasteiger partial charge in [0.25, 0.3) is 0 Å². The highest BCUT2D eigenvalue weighted by molar-refractivity contribution is 5.79. The molecule has 0 aromatic heterocycles. The first kappa shape index (κ1) is 15.0. The molecule has 0 aliphatic carbocycles. The molecule has 1 N–H and O–H groups in total. The first-order valence-corrected chi connectivity index (χ1v) is 6.59. The summed E-state index contributed by atoms with van der Waals surface area (Å²) < 4.78 is 5.24. The molecule has 1 aliphatic rings. The van der Waals surface area contributed by atoms with Gasteiger partial charge in [-0.2, -0.15) is 0 Å². The van der Waals surface area contributed by atoms with Gasteiger partial charge in [-0.3, -0.25) is 9.59 Å². The number of hydrogen-bond acceptors (Lipinski definition) is 3. The van der Waals surface area contributed by atoms with Crippen LogP contribution >= 0.6 is 0 Å². The number of rotatable bonds is 6. The van der Waals surface area contributed by atoms with Crippen LogP contribution in [0.25, 0.3) is 0 Å². The summed E-state index contributed by atoms with van der Waals surface area (Å²) in [6.07, 6.45) is 1.52. The van der Waals surface area contributed by atoms with E-state index in [2.05, 4.69) is 0 Å². The quantitative estimate of drug-likeness (QED) is 0.780.